The number of benzene rings is 1. The second-order valence-corrected chi connectivity index (χ2v) is 25.9. The molecule has 0 nitrogen and oxygen atoms in total. The van der Waals surface area contributed by atoms with Crippen LogP contribution < -0.4 is 0 Å². The van der Waals surface area contributed by atoms with Gasteiger partial charge in [-0.1, -0.05) is 141 Å². The minimum absolute atomic E-state index is 0.268. The van der Waals surface area contributed by atoms with Gasteiger partial charge < -0.3 is 0 Å². The first-order valence-corrected chi connectivity index (χ1v) is 28.2. The lowest BCUT2D eigenvalue weighted by molar-refractivity contribution is 0.138. The van der Waals surface area contributed by atoms with Crippen molar-refractivity contribution in [3.05, 3.63) is 136 Å². The Morgan fingerprint density at radius 1 is 0.435 bits per heavy atom. The van der Waals surface area contributed by atoms with Crippen LogP contribution in [0.5, 0.6) is 0 Å². The van der Waals surface area contributed by atoms with Crippen molar-refractivity contribution in [1.82, 2.24) is 0 Å². The maximum absolute atomic E-state index is 4.92. The van der Waals surface area contributed by atoms with Crippen molar-refractivity contribution in [3.63, 3.8) is 0 Å². The molecule has 1 aromatic carbocycles. The van der Waals surface area contributed by atoms with Gasteiger partial charge in [0.25, 0.3) is 0 Å². The quantitative estimate of drug-likeness (QED) is 0.164. The largest absolute Gasteiger partial charge is 0.0946 e. The lowest BCUT2D eigenvalue weighted by atomic mass is 9.65. The van der Waals surface area contributed by atoms with E-state index in [-0.39, 0.29) is 5.92 Å². The number of hydrogen-bond donors (Lipinski definition) is 0. The second-order valence-electron chi connectivity index (χ2n) is 25.9. The van der Waals surface area contributed by atoms with E-state index in [9.17, 15) is 0 Å². The molecule has 0 spiro atoms. The summed E-state index contributed by atoms with van der Waals surface area (Å²) in [4.78, 5) is 0. The van der Waals surface area contributed by atoms with Crippen LogP contribution in [0.4, 0.5) is 0 Å². The Balaban J connectivity index is 1.37. The van der Waals surface area contributed by atoms with Gasteiger partial charge in [-0.05, 0) is 263 Å². The van der Waals surface area contributed by atoms with E-state index in [4.69, 9.17) is 13.2 Å². The van der Waals surface area contributed by atoms with Crippen LogP contribution in [0.3, 0.4) is 0 Å². The van der Waals surface area contributed by atoms with E-state index >= 15 is 0 Å². The molecule has 0 aliphatic heterocycles. The molecule has 0 amide bonds. The summed E-state index contributed by atoms with van der Waals surface area (Å²) in [5.41, 5.74) is 34.9. The third-order valence-electron chi connectivity index (χ3n) is 22.9. The molecule has 6 aliphatic rings. The molecule has 376 valence electrons. The van der Waals surface area contributed by atoms with Gasteiger partial charge in [0.15, 0.2) is 0 Å². The minimum Gasteiger partial charge on any atom is -0.0946 e. The SMILES string of the molecule is C=C1C2=C(C3=C(C)C(C)=C(C4=Cc5c(C)c6c(c(C)c5C4C(C)C(C)C(C)C(C)C(C)C(C)C)C(C)=C(C)C6C(C)C(C)C(C)C(C)C(C)C(C)C)C3)C(C)C(=C)C2=C(C2=C(C)C(C)=C(C)C2)C1C. The summed E-state index contributed by atoms with van der Waals surface area (Å²) in [6, 6.07) is 0. The number of allylic oxidation sites excluding steroid dienone is 17. The van der Waals surface area contributed by atoms with E-state index in [1.54, 1.807) is 61.2 Å². The zero-order chi connectivity index (χ0) is 51.6. The van der Waals surface area contributed by atoms with Crippen molar-refractivity contribution in [3.8, 4) is 0 Å². The standard InChI is InChI=1S/C69H100/c1-31(2)34(6)37(9)39(11)41(13)46(18)61-48(20)49(21)62-55(27)66-59(54(26)69(61)62)30-60(65(66)47(19)42(14)40(12)38(10)35(7)32(3)4)56-29-58(45(17)44(56)16)64-51(23)53(25)67-63(50(22)52(24)68(64)67)57-28-33(5)36(8)43(57)15/h30-32,34-35,37-42,46-47,50-51,61,65H,24-25,28-29H2,1-23,26-27H3. The third-order valence-corrected chi connectivity index (χ3v) is 22.9. The van der Waals surface area contributed by atoms with E-state index in [1.165, 1.54) is 66.9 Å². The molecule has 0 radical (unpaired) electrons. The molecule has 0 heterocycles. The highest BCUT2D eigenvalue weighted by molar-refractivity contribution is 5.88. The van der Waals surface area contributed by atoms with Gasteiger partial charge in [-0.2, -0.15) is 0 Å². The van der Waals surface area contributed by atoms with Gasteiger partial charge in [0.2, 0.25) is 0 Å². The maximum Gasteiger partial charge on any atom is 0.0130 e. The van der Waals surface area contributed by atoms with Gasteiger partial charge in [0.05, 0.1) is 0 Å². The number of hydrogen-bond acceptors (Lipinski definition) is 0. The molecular weight excluding hydrogens is 829 g/mol. The molecular formula is C69H100. The molecule has 0 saturated carbocycles. The topological polar surface area (TPSA) is 0 Å². The summed E-state index contributed by atoms with van der Waals surface area (Å²) in [6.07, 6.45) is 4.80. The normalized spacial score (nSPS) is 27.4. The first-order valence-electron chi connectivity index (χ1n) is 28.2. The zero-order valence-electron chi connectivity index (χ0n) is 49.1. The molecule has 14 unspecified atom stereocenters. The smallest absolute Gasteiger partial charge is 0.0130 e. The van der Waals surface area contributed by atoms with Gasteiger partial charge in [0, 0.05) is 23.7 Å². The average molecular weight is 930 g/mol. The summed E-state index contributed by atoms with van der Waals surface area (Å²) in [7, 11) is 0. The summed E-state index contributed by atoms with van der Waals surface area (Å²) in [5.74, 6) is 8.93. The van der Waals surface area contributed by atoms with Crippen LogP contribution in [-0.4, -0.2) is 0 Å². The monoisotopic (exact) mass is 929 g/mol. The second kappa shape index (κ2) is 19.2. The Morgan fingerprint density at radius 2 is 0.841 bits per heavy atom. The summed E-state index contributed by atoms with van der Waals surface area (Å²) in [5, 5.41) is 0. The van der Waals surface area contributed by atoms with Crippen molar-refractivity contribution < 1.29 is 0 Å². The minimum atomic E-state index is 0.268. The summed E-state index contributed by atoms with van der Waals surface area (Å²) in [6.45, 7) is 72.0. The molecule has 0 fully saturated rings. The lowest BCUT2D eigenvalue weighted by Crippen LogP contribution is -2.31. The van der Waals surface area contributed by atoms with Crippen molar-refractivity contribution >= 4 is 11.6 Å². The molecule has 0 N–H and O–H groups in total. The molecule has 0 bridgehead atoms. The Hall–Kier alpha value is -3.38. The molecule has 6 aliphatic carbocycles. The van der Waals surface area contributed by atoms with Gasteiger partial charge in [0.1, 0.15) is 0 Å². The Labute approximate surface area is 425 Å². The van der Waals surface area contributed by atoms with E-state index < -0.39 is 0 Å². The Bertz CT molecular complexity index is 2610. The van der Waals surface area contributed by atoms with E-state index in [0.717, 1.165) is 12.8 Å². The lowest BCUT2D eigenvalue weighted by Gasteiger charge is -2.39. The van der Waals surface area contributed by atoms with Gasteiger partial charge in [-0.3, -0.25) is 0 Å². The zero-order valence-corrected chi connectivity index (χ0v) is 49.1. The van der Waals surface area contributed by atoms with Crippen LogP contribution >= 0.6 is 0 Å². The van der Waals surface area contributed by atoms with Gasteiger partial charge in [-0.15, -0.1) is 0 Å². The number of rotatable bonds is 15. The fraction of sp³-hybridized carbons (Fsp3) is 0.623. The van der Waals surface area contributed by atoms with Crippen LogP contribution in [0.1, 0.15) is 217 Å². The third kappa shape index (κ3) is 8.12. The summed E-state index contributed by atoms with van der Waals surface area (Å²) < 4.78 is 0. The Kier molecular flexibility index (Phi) is 14.9. The van der Waals surface area contributed by atoms with Crippen LogP contribution in [0.25, 0.3) is 11.6 Å². The summed E-state index contributed by atoms with van der Waals surface area (Å²) >= 11 is 0. The fourth-order valence-electron chi connectivity index (χ4n) is 15.6. The van der Waals surface area contributed by atoms with Crippen LogP contribution in [0, 0.1) is 96.7 Å². The van der Waals surface area contributed by atoms with Crippen LogP contribution in [-0.2, 0) is 0 Å². The van der Waals surface area contributed by atoms with E-state index in [1.807, 2.05) is 0 Å². The van der Waals surface area contributed by atoms with Crippen LogP contribution in [0.2, 0.25) is 0 Å². The first kappa shape index (κ1) is 53.4. The van der Waals surface area contributed by atoms with Crippen molar-refractivity contribution in [2.24, 2.45) is 82.9 Å². The molecule has 69 heavy (non-hydrogen) atoms. The van der Waals surface area contributed by atoms with E-state index in [2.05, 4.69) is 179 Å². The van der Waals surface area contributed by atoms with Gasteiger partial charge in [-0.25, -0.2) is 0 Å². The highest BCUT2D eigenvalue weighted by Crippen LogP contribution is 2.63. The number of fused-ring (bicyclic) bond motifs is 3. The Morgan fingerprint density at radius 3 is 1.28 bits per heavy atom. The molecule has 14 atom stereocenters. The van der Waals surface area contributed by atoms with Crippen LogP contribution in [0.15, 0.2) is 102 Å². The predicted molar refractivity (Wildman–Crippen MR) is 305 cm³/mol. The molecule has 1 aromatic rings. The van der Waals surface area contributed by atoms with Crippen molar-refractivity contribution in [1.29, 1.82) is 0 Å². The fourth-order valence-corrected chi connectivity index (χ4v) is 15.6. The molecule has 0 aromatic heterocycles. The highest BCUT2D eigenvalue weighted by Gasteiger charge is 2.48. The average Bonchev–Trinajstić information content (AvgIpc) is 4.10. The predicted octanol–water partition coefficient (Wildman–Crippen LogP) is 20.4. The van der Waals surface area contributed by atoms with Crippen molar-refractivity contribution in [2.75, 3.05) is 0 Å². The molecule has 7 rings (SSSR count). The highest BCUT2D eigenvalue weighted by atomic mass is 14.5. The molecule has 0 heteroatoms. The first-order chi connectivity index (χ1) is 32.0. The van der Waals surface area contributed by atoms with Gasteiger partial charge >= 0.3 is 0 Å². The molecule has 0 saturated heterocycles. The van der Waals surface area contributed by atoms with Crippen molar-refractivity contribution in [2.45, 2.75) is 198 Å². The maximum atomic E-state index is 4.92. The van der Waals surface area contributed by atoms with E-state index in [0.29, 0.717) is 88.8 Å².